The molecule has 0 bridgehead atoms. The van der Waals surface area contributed by atoms with Gasteiger partial charge in [0.2, 0.25) is 0 Å². The Morgan fingerprint density at radius 3 is 3.12 bits per heavy atom. The molecule has 17 heavy (non-hydrogen) atoms. The molecule has 1 fully saturated rings. The maximum Gasteiger partial charge on any atom is 0.0731 e. The third kappa shape index (κ3) is 3.41. The van der Waals surface area contributed by atoms with Crippen LogP contribution in [0.4, 0.5) is 0 Å². The predicted octanol–water partition coefficient (Wildman–Crippen LogP) is 2.43. The van der Waals surface area contributed by atoms with Gasteiger partial charge in [-0.25, -0.2) is 0 Å². The highest BCUT2D eigenvalue weighted by atomic mass is 35.5. The number of nitrogens with zero attached hydrogens (tertiary/aromatic N) is 1. The molecule has 94 valence electrons. The first-order valence-electron chi connectivity index (χ1n) is 6.18. The maximum absolute atomic E-state index is 6.13. The third-order valence-corrected chi connectivity index (χ3v) is 3.67. The van der Waals surface area contributed by atoms with Crippen molar-refractivity contribution in [2.75, 3.05) is 13.7 Å². The lowest BCUT2D eigenvalue weighted by Gasteiger charge is -2.30. The lowest BCUT2D eigenvalue weighted by Crippen LogP contribution is -2.42. The van der Waals surface area contributed by atoms with E-state index >= 15 is 0 Å². The van der Waals surface area contributed by atoms with Crippen molar-refractivity contribution in [2.24, 2.45) is 0 Å². The van der Waals surface area contributed by atoms with E-state index in [1.165, 1.54) is 12.8 Å². The van der Waals surface area contributed by atoms with E-state index in [0.717, 1.165) is 30.0 Å². The standard InChI is InChI=1S/C13H19ClN2O/c1-15-12(13-4-2-3-7-17-13)8-10-5-6-16-9-11(10)14/h5-6,9,12-13,15H,2-4,7-8H2,1H3. The molecule has 0 saturated carbocycles. The van der Waals surface area contributed by atoms with Crippen LogP contribution in [0.1, 0.15) is 24.8 Å². The summed E-state index contributed by atoms with van der Waals surface area (Å²) in [6.45, 7) is 0.882. The van der Waals surface area contributed by atoms with E-state index in [9.17, 15) is 0 Å². The van der Waals surface area contributed by atoms with Gasteiger partial charge in [0.25, 0.3) is 0 Å². The summed E-state index contributed by atoms with van der Waals surface area (Å²) in [7, 11) is 1.98. The van der Waals surface area contributed by atoms with Crippen LogP contribution in [0.15, 0.2) is 18.5 Å². The molecule has 0 amide bonds. The molecule has 0 spiro atoms. The topological polar surface area (TPSA) is 34.2 Å². The number of nitrogens with one attached hydrogen (secondary N) is 1. The molecule has 1 aliphatic heterocycles. The summed E-state index contributed by atoms with van der Waals surface area (Å²) in [4.78, 5) is 4.01. The van der Waals surface area contributed by atoms with Gasteiger partial charge < -0.3 is 10.1 Å². The van der Waals surface area contributed by atoms with Crippen molar-refractivity contribution in [3.63, 3.8) is 0 Å². The fraction of sp³-hybridized carbons (Fsp3) is 0.615. The van der Waals surface area contributed by atoms with E-state index in [2.05, 4.69) is 10.3 Å². The minimum Gasteiger partial charge on any atom is -0.377 e. The maximum atomic E-state index is 6.13. The number of rotatable bonds is 4. The van der Waals surface area contributed by atoms with Gasteiger partial charge in [-0.2, -0.15) is 0 Å². The van der Waals surface area contributed by atoms with Gasteiger partial charge in [0, 0.05) is 25.0 Å². The average Bonchev–Trinajstić information content (AvgIpc) is 2.39. The lowest BCUT2D eigenvalue weighted by molar-refractivity contribution is -0.00587. The predicted molar refractivity (Wildman–Crippen MR) is 69.4 cm³/mol. The molecule has 2 unspecified atom stereocenters. The first-order chi connectivity index (χ1) is 8.31. The minimum absolute atomic E-state index is 0.304. The number of ether oxygens (including phenoxy) is 1. The Hall–Kier alpha value is -0.640. The molecule has 1 N–H and O–H groups in total. The highest BCUT2D eigenvalue weighted by Gasteiger charge is 2.23. The SMILES string of the molecule is CNC(Cc1ccncc1Cl)C1CCCCO1. The molecule has 0 aliphatic carbocycles. The van der Waals surface area contributed by atoms with Crippen LogP contribution in [-0.4, -0.2) is 30.8 Å². The van der Waals surface area contributed by atoms with Crippen LogP contribution in [-0.2, 0) is 11.2 Å². The highest BCUT2D eigenvalue weighted by molar-refractivity contribution is 6.31. The van der Waals surface area contributed by atoms with Gasteiger partial charge in [0.05, 0.1) is 11.1 Å². The zero-order chi connectivity index (χ0) is 12.1. The lowest BCUT2D eigenvalue weighted by atomic mass is 9.96. The van der Waals surface area contributed by atoms with Crippen LogP contribution in [0, 0.1) is 0 Å². The molecule has 4 heteroatoms. The molecule has 1 saturated heterocycles. The fourth-order valence-electron chi connectivity index (χ4n) is 2.31. The van der Waals surface area contributed by atoms with Gasteiger partial charge in [-0.3, -0.25) is 4.98 Å². The number of hydrogen-bond donors (Lipinski definition) is 1. The van der Waals surface area contributed by atoms with Crippen LogP contribution >= 0.6 is 11.6 Å². The van der Waals surface area contributed by atoms with Gasteiger partial charge >= 0.3 is 0 Å². The molecule has 2 rings (SSSR count). The number of halogens is 1. The molecular weight excluding hydrogens is 236 g/mol. The summed E-state index contributed by atoms with van der Waals surface area (Å²) in [5.41, 5.74) is 1.13. The van der Waals surface area contributed by atoms with Crippen LogP contribution in [0.2, 0.25) is 5.02 Å². The van der Waals surface area contributed by atoms with Gasteiger partial charge in [-0.15, -0.1) is 0 Å². The summed E-state index contributed by atoms with van der Waals surface area (Å²) in [5.74, 6) is 0. The summed E-state index contributed by atoms with van der Waals surface area (Å²) in [5, 5.41) is 4.08. The molecule has 1 aromatic heterocycles. The van der Waals surface area contributed by atoms with Crippen molar-refractivity contribution in [3.05, 3.63) is 29.0 Å². The van der Waals surface area contributed by atoms with Gasteiger partial charge in [-0.1, -0.05) is 11.6 Å². The second kappa shape index (κ2) is 6.34. The molecular formula is C13H19ClN2O. The zero-order valence-corrected chi connectivity index (χ0v) is 10.9. The second-order valence-corrected chi connectivity index (χ2v) is 4.88. The fourth-order valence-corrected chi connectivity index (χ4v) is 2.51. The quantitative estimate of drug-likeness (QED) is 0.896. The van der Waals surface area contributed by atoms with E-state index in [-0.39, 0.29) is 0 Å². The van der Waals surface area contributed by atoms with Crippen molar-refractivity contribution >= 4 is 11.6 Å². The van der Waals surface area contributed by atoms with Crippen LogP contribution in [0.25, 0.3) is 0 Å². The van der Waals surface area contributed by atoms with Gasteiger partial charge in [0.1, 0.15) is 0 Å². The summed E-state index contributed by atoms with van der Waals surface area (Å²) in [6, 6.07) is 2.31. The molecule has 2 heterocycles. The monoisotopic (exact) mass is 254 g/mol. The van der Waals surface area contributed by atoms with Crippen molar-refractivity contribution in [3.8, 4) is 0 Å². The van der Waals surface area contributed by atoms with E-state index in [0.29, 0.717) is 12.1 Å². The highest BCUT2D eigenvalue weighted by Crippen LogP contribution is 2.21. The normalized spacial score (nSPS) is 22.4. The van der Waals surface area contributed by atoms with E-state index in [4.69, 9.17) is 16.3 Å². The Bertz CT molecular complexity index is 353. The number of hydrogen-bond acceptors (Lipinski definition) is 3. The Labute approximate surface area is 108 Å². The Morgan fingerprint density at radius 1 is 1.59 bits per heavy atom. The van der Waals surface area contributed by atoms with Gasteiger partial charge in [-0.05, 0) is 44.4 Å². The first-order valence-corrected chi connectivity index (χ1v) is 6.56. The average molecular weight is 255 g/mol. The Kier molecular flexibility index (Phi) is 4.77. The number of pyridine rings is 1. The Balaban J connectivity index is 2.01. The Morgan fingerprint density at radius 2 is 2.47 bits per heavy atom. The third-order valence-electron chi connectivity index (χ3n) is 3.33. The largest absolute Gasteiger partial charge is 0.377 e. The molecule has 1 aliphatic rings. The summed E-state index contributed by atoms with van der Waals surface area (Å²) in [6.07, 6.45) is 8.26. The molecule has 0 aromatic carbocycles. The second-order valence-electron chi connectivity index (χ2n) is 4.47. The molecule has 1 aromatic rings. The molecule has 3 nitrogen and oxygen atoms in total. The first kappa shape index (κ1) is 12.8. The zero-order valence-electron chi connectivity index (χ0n) is 10.2. The summed E-state index contributed by atoms with van der Waals surface area (Å²) >= 11 is 6.13. The van der Waals surface area contributed by atoms with Gasteiger partial charge in [0.15, 0.2) is 0 Å². The molecule has 0 radical (unpaired) electrons. The molecule has 2 atom stereocenters. The van der Waals surface area contributed by atoms with Crippen molar-refractivity contribution < 1.29 is 4.74 Å². The smallest absolute Gasteiger partial charge is 0.0731 e. The van der Waals surface area contributed by atoms with E-state index < -0.39 is 0 Å². The van der Waals surface area contributed by atoms with E-state index in [1.54, 1.807) is 12.4 Å². The van der Waals surface area contributed by atoms with Crippen LogP contribution < -0.4 is 5.32 Å². The number of aromatic nitrogens is 1. The number of likely N-dealkylation sites (N-methyl/N-ethyl adjacent to an activating group) is 1. The van der Waals surface area contributed by atoms with E-state index in [1.807, 2.05) is 13.1 Å². The van der Waals surface area contributed by atoms with Crippen LogP contribution in [0.5, 0.6) is 0 Å². The van der Waals surface area contributed by atoms with Crippen LogP contribution in [0.3, 0.4) is 0 Å². The summed E-state index contributed by atoms with van der Waals surface area (Å²) < 4.78 is 5.82. The van der Waals surface area contributed by atoms with Crippen molar-refractivity contribution in [2.45, 2.75) is 37.8 Å². The minimum atomic E-state index is 0.304. The van der Waals surface area contributed by atoms with Crippen molar-refractivity contribution in [1.29, 1.82) is 0 Å². The van der Waals surface area contributed by atoms with Crippen molar-refractivity contribution in [1.82, 2.24) is 10.3 Å².